The van der Waals surface area contributed by atoms with Crippen molar-refractivity contribution >= 4 is 26.5 Å². The van der Waals surface area contributed by atoms with Gasteiger partial charge in [0, 0.05) is 0 Å². The first kappa shape index (κ1) is 25.2. The summed E-state index contributed by atoms with van der Waals surface area (Å²) in [6.07, 6.45) is 16.8. The Balaban J connectivity index is 2.37. The molecule has 0 aromatic rings. The predicted molar refractivity (Wildman–Crippen MR) is 132 cm³/mol. The van der Waals surface area contributed by atoms with E-state index in [9.17, 15) is 5.11 Å². The molecule has 28 heavy (non-hydrogen) atoms. The molecule has 2 aliphatic carbocycles. The molecule has 1 N–H and O–H groups in total. The summed E-state index contributed by atoms with van der Waals surface area (Å²) in [5.41, 5.74) is 0. The van der Waals surface area contributed by atoms with Crippen LogP contribution in [0, 0.1) is 11.8 Å². The van der Waals surface area contributed by atoms with Crippen molar-refractivity contribution in [2.24, 2.45) is 11.8 Å². The van der Waals surface area contributed by atoms with Crippen molar-refractivity contribution in [3.63, 3.8) is 0 Å². The Morgan fingerprint density at radius 1 is 0.857 bits per heavy atom. The molecule has 0 bridgehead atoms. The summed E-state index contributed by atoms with van der Waals surface area (Å²) >= 11 is -2.37. The number of aliphatic hydroxyl groups is 1. The molecule has 0 aromatic carbocycles. The van der Waals surface area contributed by atoms with Crippen LogP contribution in [0.5, 0.6) is 0 Å². The Kier molecular flexibility index (Phi) is 9.94. The average Bonchev–Trinajstić information content (AvgIpc) is 3.45. The summed E-state index contributed by atoms with van der Waals surface area (Å²) in [6.45, 7) is 15.3. The molecular formula is C25H52OSiSn. The van der Waals surface area contributed by atoms with E-state index in [4.69, 9.17) is 0 Å². The van der Waals surface area contributed by atoms with E-state index in [1.165, 1.54) is 77.0 Å². The Hall–Kier alpha value is 0.976. The van der Waals surface area contributed by atoms with Crippen LogP contribution in [0.2, 0.25) is 36.0 Å². The number of hydrogen-bond donors (Lipinski definition) is 1. The molecule has 3 atom stereocenters. The second-order valence-corrected chi connectivity index (χ2v) is 32.5. The van der Waals surface area contributed by atoms with Crippen LogP contribution in [0.1, 0.15) is 97.8 Å². The minimum absolute atomic E-state index is 0.0352. The molecule has 2 saturated carbocycles. The van der Waals surface area contributed by atoms with Gasteiger partial charge in [0.25, 0.3) is 0 Å². The molecule has 2 rings (SSSR count). The molecule has 1 nitrogen and oxygen atoms in total. The summed E-state index contributed by atoms with van der Waals surface area (Å²) in [5.74, 6) is 1.33. The molecule has 0 unspecified atom stereocenters. The van der Waals surface area contributed by atoms with Gasteiger partial charge in [-0.05, 0) is 0 Å². The Labute approximate surface area is 182 Å². The van der Waals surface area contributed by atoms with E-state index in [0.29, 0.717) is 14.9 Å². The first-order valence-corrected chi connectivity index (χ1v) is 24.0. The molecule has 0 aliphatic heterocycles. The number of aliphatic hydroxyl groups excluding tert-OH is 1. The Morgan fingerprint density at radius 3 is 1.71 bits per heavy atom. The molecule has 3 heteroatoms. The van der Waals surface area contributed by atoms with Crippen LogP contribution in [0.15, 0.2) is 0 Å². The molecule has 166 valence electrons. The van der Waals surface area contributed by atoms with E-state index < -0.39 is 26.5 Å². The maximum absolute atomic E-state index is 11.6. The molecule has 0 spiro atoms. The summed E-state index contributed by atoms with van der Waals surface area (Å²) in [4.78, 5) is 0. The van der Waals surface area contributed by atoms with Gasteiger partial charge in [-0.1, -0.05) is 0 Å². The van der Waals surface area contributed by atoms with Crippen molar-refractivity contribution < 1.29 is 5.11 Å². The molecule has 0 saturated heterocycles. The van der Waals surface area contributed by atoms with E-state index in [0.717, 1.165) is 0 Å². The molecule has 0 aromatic heterocycles. The third kappa shape index (κ3) is 5.23. The molecule has 0 amide bonds. The van der Waals surface area contributed by atoms with E-state index in [1.807, 2.05) is 0 Å². The fourth-order valence-corrected chi connectivity index (χ4v) is 46.6. The van der Waals surface area contributed by atoms with Gasteiger partial charge in [0.2, 0.25) is 0 Å². The van der Waals surface area contributed by atoms with Gasteiger partial charge in [-0.25, -0.2) is 0 Å². The van der Waals surface area contributed by atoms with Gasteiger partial charge in [-0.3, -0.25) is 0 Å². The van der Waals surface area contributed by atoms with E-state index in [2.05, 4.69) is 40.4 Å². The zero-order chi connectivity index (χ0) is 20.8. The standard InChI is InChI=1S/C13H25OSi.3C4H9.Sn/c1-15(2,3)12-9-11(12)13(14)10-7-5-4-6-8-10;3*1-3-4-2;/h10-11,13-14H,4-9H2,1-3H3;3*1,3-4H2,2H3;/t11-,13+;;;;/m0..../s1. The second-order valence-electron chi connectivity index (χ2n) is 11.5. The zero-order valence-corrected chi connectivity index (χ0v) is 24.1. The van der Waals surface area contributed by atoms with Gasteiger partial charge in [0.15, 0.2) is 0 Å². The fraction of sp³-hybridized carbons (Fsp3) is 1.00. The van der Waals surface area contributed by atoms with Crippen molar-refractivity contribution in [2.45, 2.75) is 140 Å². The van der Waals surface area contributed by atoms with Gasteiger partial charge in [0.05, 0.1) is 0 Å². The molecular weight excluding hydrogens is 463 g/mol. The third-order valence-electron chi connectivity index (χ3n) is 8.87. The normalized spacial score (nSPS) is 27.8. The number of unbranched alkanes of at least 4 members (excludes halogenated alkanes) is 3. The molecule has 0 radical (unpaired) electrons. The second kappa shape index (κ2) is 11.0. The van der Waals surface area contributed by atoms with Crippen molar-refractivity contribution in [3.05, 3.63) is 0 Å². The van der Waals surface area contributed by atoms with E-state index in [1.54, 1.807) is 13.3 Å². The molecule has 2 aliphatic rings. The van der Waals surface area contributed by atoms with Crippen molar-refractivity contribution in [1.82, 2.24) is 0 Å². The van der Waals surface area contributed by atoms with Gasteiger partial charge in [0.1, 0.15) is 0 Å². The topological polar surface area (TPSA) is 20.2 Å². The first-order chi connectivity index (χ1) is 13.3. The van der Waals surface area contributed by atoms with Gasteiger partial charge in [-0.15, -0.1) is 0 Å². The molecule has 0 heterocycles. The van der Waals surface area contributed by atoms with Crippen LogP contribution in [0.3, 0.4) is 0 Å². The SMILES string of the molecule is CCC[CH2][Sn]([CH2]CCC)([CH2]CCC)[C@]1([Si](C)(C)C)C[C@@H]1[C@H](O)C1CCCCC1. The van der Waals surface area contributed by atoms with Crippen LogP contribution in [-0.2, 0) is 0 Å². The van der Waals surface area contributed by atoms with Crippen LogP contribution in [0.4, 0.5) is 0 Å². The van der Waals surface area contributed by atoms with Crippen LogP contribution in [-0.4, -0.2) is 37.7 Å². The Bertz CT molecular complexity index is 432. The average molecular weight is 515 g/mol. The number of rotatable bonds is 13. The monoisotopic (exact) mass is 516 g/mol. The summed E-state index contributed by atoms with van der Waals surface area (Å²) < 4.78 is 5.58. The minimum atomic E-state index is -2.37. The van der Waals surface area contributed by atoms with Gasteiger partial charge < -0.3 is 0 Å². The number of hydrogen-bond acceptors (Lipinski definition) is 1. The van der Waals surface area contributed by atoms with Crippen molar-refractivity contribution in [2.75, 3.05) is 0 Å². The summed E-state index contributed by atoms with van der Waals surface area (Å²) in [7, 11) is -1.32. The summed E-state index contributed by atoms with van der Waals surface area (Å²) in [6, 6.07) is 0. The van der Waals surface area contributed by atoms with E-state index in [-0.39, 0.29) is 6.10 Å². The third-order valence-corrected chi connectivity index (χ3v) is 40.4. The predicted octanol–water partition coefficient (Wildman–Crippen LogP) is 8.41. The van der Waals surface area contributed by atoms with Crippen molar-refractivity contribution in [3.8, 4) is 0 Å². The Morgan fingerprint density at radius 2 is 1.32 bits per heavy atom. The van der Waals surface area contributed by atoms with Gasteiger partial charge >= 0.3 is 183 Å². The van der Waals surface area contributed by atoms with Crippen LogP contribution in [0.25, 0.3) is 0 Å². The van der Waals surface area contributed by atoms with E-state index >= 15 is 0 Å². The molecule has 2 fully saturated rings. The van der Waals surface area contributed by atoms with Crippen LogP contribution >= 0.6 is 0 Å². The summed E-state index contributed by atoms with van der Waals surface area (Å²) in [5, 5.41) is 11.6. The first-order valence-electron chi connectivity index (χ1n) is 13.0. The fourth-order valence-electron chi connectivity index (χ4n) is 7.36. The van der Waals surface area contributed by atoms with Crippen LogP contribution < -0.4 is 0 Å². The quantitative estimate of drug-likeness (QED) is 0.244. The van der Waals surface area contributed by atoms with Gasteiger partial charge in [-0.2, -0.15) is 0 Å². The zero-order valence-electron chi connectivity index (χ0n) is 20.3. The maximum atomic E-state index is 11.6. The van der Waals surface area contributed by atoms with Crippen molar-refractivity contribution in [1.29, 1.82) is 0 Å².